The van der Waals surface area contributed by atoms with E-state index in [0.29, 0.717) is 5.56 Å². The molecule has 23 heteroatoms. The Morgan fingerprint density at radius 1 is 0.561 bits per heavy atom. The van der Waals surface area contributed by atoms with Gasteiger partial charge in [-0.1, -0.05) is 104 Å². The highest BCUT2D eigenvalue weighted by Gasteiger charge is 2.64. The number of sulfonamides is 2. The van der Waals surface area contributed by atoms with Crippen LogP contribution in [0.5, 0.6) is 0 Å². The summed E-state index contributed by atoms with van der Waals surface area (Å²) in [6, 6.07) is 15.8. The third-order valence-corrected chi connectivity index (χ3v) is 13.5. The normalized spacial score (nSPS) is 17.4. The summed E-state index contributed by atoms with van der Waals surface area (Å²) < 4.78 is 244. The molecule has 6 rings (SSSR count). The van der Waals surface area contributed by atoms with E-state index in [9.17, 15) is 52.7 Å². The van der Waals surface area contributed by atoms with E-state index in [4.69, 9.17) is 9.39 Å². The summed E-state index contributed by atoms with van der Waals surface area (Å²) >= 11 is 0. The van der Waals surface area contributed by atoms with Gasteiger partial charge in [-0.25, -0.2) is 16.8 Å². The zero-order valence-electron chi connectivity index (χ0n) is 33.7. The largest absolute Gasteiger partial charge is 0.580 e. The molecule has 1 fully saturated rings. The van der Waals surface area contributed by atoms with Crippen molar-refractivity contribution < 1.29 is 78.9 Å². The molecule has 0 radical (unpaired) electrons. The summed E-state index contributed by atoms with van der Waals surface area (Å²) in [4.78, 5) is -3.40. The fourth-order valence-electron chi connectivity index (χ4n) is 6.95. The first-order valence-electron chi connectivity index (χ1n) is 19.2. The minimum atomic E-state index is -6.01. The molecule has 5 aromatic carbocycles. The first kappa shape index (κ1) is 49.7. The molecule has 0 spiro atoms. The number of ether oxygens (including phenoxy) is 1. The first-order valence-corrected chi connectivity index (χ1v) is 22.1. The van der Waals surface area contributed by atoms with E-state index < -0.39 is 109 Å². The van der Waals surface area contributed by atoms with E-state index in [1.807, 2.05) is 0 Å². The first-order chi connectivity index (χ1) is 30.7. The van der Waals surface area contributed by atoms with Gasteiger partial charge in [-0.05, 0) is 71.7 Å². The van der Waals surface area contributed by atoms with Gasteiger partial charge in [-0.2, -0.15) is 61.1 Å². The van der Waals surface area contributed by atoms with Crippen molar-refractivity contribution in [3.8, 4) is 0 Å². The summed E-state index contributed by atoms with van der Waals surface area (Å²) in [6.07, 6.45) is -18.4. The Kier molecular flexibility index (Phi) is 14.2. The van der Waals surface area contributed by atoms with Gasteiger partial charge in [0, 0.05) is 0 Å². The van der Waals surface area contributed by atoms with Crippen LogP contribution in [0.3, 0.4) is 0 Å². The van der Waals surface area contributed by atoms with E-state index in [2.05, 4.69) is 0 Å². The molecule has 0 saturated carbocycles. The smallest absolute Gasteiger partial charge is 0.505 e. The molecule has 2 atom stereocenters. The second-order valence-corrected chi connectivity index (χ2v) is 18.1. The lowest BCUT2D eigenvalue weighted by Gasteiger charge is -2.29. The minimum Gasteiger partial charge on any atom is -0.505 e. The van der Waals surface area contributed by atoms with E-state index in [-0.39, 0.29) is 62.4 Å². The maximum atomic E-state index is 15.2. The molecule has 1 aliphatic rings. The molecule has 1 saturated heterocycles. The van der Waals surface area contributed by atoms with Crippen molar-refractivity contribution in [3.05, 3.63) is 184 Å². The van der Waals surface area contributed by atoms with Gasteiger partial charge in [-0.3, -0.25) is 0 Å². The van der Waals surface area contributed by atoms with Gasteiger partial charge in [-0.15, -0.1) is 0 Å². The zero-order chi connectivity index (χ0) is 48.5. The molecule has 5 aromatic rings. The average molecular weight is 977 g/mol. The van der Waals surface area contributed by atoms with Gasteiger partial charge in [0.1, 0.15) is 6.61 Å². The lowest BCUT2D eigenvalue weighted by Crippen LogP contribution is -2.51. The van der Waals surface area contributed by atoms with Crippen LogP contribution in [0, 0.1) is 0 Å². The fourth-order valence-corrected chi connectivity index (χ4v) is 10.4. The maximum Gasteiger partial charge on any atom is 0.580 e. The average Bonchev–Trinajstić information content (AvgIpc) is 3.61. The molecular weight excluding hydrogens is 943 g/mol. The van der Waals surface area contributed by atoms with Crippen LogP contribution in [0.25, 0.3) is 6.08 Å². The highest BCUT2D eigenvalue weighted by atomic mass is 32.2. The van der Waals surface area contributed by atoms with Crippen molar-refractivity contribution in [3.63, 3.8) is 0 Å². The van der Waals surface area contributed by atoms with Crippen molar-refractivity contribution in [2.24, 2.45) is 0 Å². The second kappa shape index (κ2) is 18.8. The minimum absolute atomic E-state index is 0.0423. The van der Waals surface area contributed by atoms with Crippen molar-refractivity contribution in [1.29, 1.82) is 0 Å². The lowest BCUT2D eigenvalue weighted by molar-refractivity contribution is -0.145. The molecule has 0 aromatic heterocycles. The van der Waals surface area contributed by atoms with E-state index >= 15 is 16.8 Å². The summed E-state index contributed by atoms with van der Waals surface area (Å²) in [5.41, 5.74) is -8.17. The highest BCUT2D eigenvalue weighted by molar-refractivity contribution is 7.92. The van der Waals surface area contributed by atoms with Crippen LogP contribution >= 0.6 is 0 Å². The molecule has 1 aliphatic heterocycles. The number of halogens is 12. The molecule has 350 valence electrons. The van der Waals surface area contributed by atoms with Gasteiger partial charge in [0.25, 0.3) is 5.95 Å². The Morgan fingerprint density at radius 3 is 1.24 bits per heavy atom. The maximum absolute atomic E-state index is 15.2. The predicted octanol–water partition coefficient (Wildman–Crippen LogP) is 11.9. The molecule has 1 heterocycles. The van der Waals surface area contributed by atoms with Crippen molar-refractivity contribution in [1.82, 2.24) is 8.43 Å². The summed E-state index contributed by atoms with van der Waals surface area (Å²) in [7, 11) is -14.9. The number of allylic oxidation sites excluding steroid dienone is 1. The lowest BCUT2D eigenvalue weighted by atomic mass is 9.95. The SMILES string of the molecule is CC/C=C(/OC/C=C/c1ccccc1)OB1N(S(=O)(=O)c2cc(C(F)(F)F)cc(C(F)(F)F)c2)[C@@H](c2ccccc2)[C@H](c2ccccc2)N1S(=O)(=O)c1cc(C(F)(F)F)cc(C(F)(F)F)c1. The standard InChI is InChI=1S/C43H33BF12N2O6S2/c1-2-13-37(63-21-12-16-28-14-6-3-7-15-28)64-44-57(65(59,60)35-24-31(40(45,46)47)22-32(25-35)41(48,49)50)38(29-17-8-4-9-18-29)39(30-19-10-5-11-20-30)58(44)66(61,62)36-26-33(42(51,52)53)23-34(27-36)43(54,55)56/h3-20,22-27,38-39H,2,21H2,1H3/b16-12+,37-13-/t38-,39-/m0/s1. The molecule has 0 bridgehead atoms. The van der Waals surface area contributed by atoms with Crippen molar-refractivity contribution in [2.75, 3.05) is 6.61 Å². The number of alkyl halides is 12. The number of hydrogen-bond donors (Lipinski definition) is 0. The van der Waals surface area contributed by atoms with E-state index in [1.54, 1.807) is 36.4 Å². The zero-order valence-corrected chi connectivity index (χ0v) is 35.3. The fraction of sp³-hybridized carbons (Fsp3) is 0.209. The second-order valence-electron chi connectivity index (χ2n) is 14.4. The topological polar surface area (TPSA) is 93.2 Å². The molecule has 0 aliphatic carbocycles. The van der Waals surface area contributed by atoms with E-state index in [0.717, 1.165) is 6.08 Å². The molecule has 0 amide bonds. The van der Waals surface area contributed by atoms with Crippen molar-refractivity contribution in [2.45, 2.75) is 59.9 Å². The van der Waals surface area contributed by atoms with Crippen LogP contribution in [0.1, 0.15) is 64.4 Å². The molecule has 66 heavy (non-hydrogen) atoms. The van der Waals surface area contributed by atoms with E-state index in [1.165, 1.54) is 73.7 Å². The summed E-state index contributed by atoms with van der Waals surface area (Å²) in [5, 5.41) is 0. The van der Waals surface area contributed by atoms with Crippen LogP contribution in [0.4, 0.5) is 52.7 Å². The predicted molar refractivity (Wildman–Crippen MR) is 216 cm³/mol. The number of rotatable bonds is 13. The van der Waals surface area contributed by atoms with Gasteiger partial charge in [0.05, 0.1) is 44.1 Å². The van der Waals surface area contributed by atoms with Crippen LogP contribution in [-0.4, -0.2) is 39.1 Å². The number of nitrogens with zero attached hydrogens (tertiary/aromatic N) is 2. The van der Waals surface area contributed by atoms with Crippen LogP contribution < -0.4 is 0 Å². The molecular formula is C43H33BF12N2O6S2. The van der Waals surface area contributed by atoms with Gasteiger partial charge in [0.15, 0.2) is 0 Å². The quantitative estimate of drug-likeness (QED) is 0.0663. The Balaban J connectivity index is 1.70. The van der Waals surface area contributed by atoms with Crippen LogP contribution in [0.2, 0.25) is 0 Å². The van der Waals surface area contributed by atoms with Gasteiger partial charge >= 0.3 is 31.9 Å². The summed E-state index contributed by atoms with van der Waals surface area (Å²) in [6.45, 7) is 1.06. The Bertz CT molecular complexity index is 2570. The molecule has 8 nitrogen and oxygen atoms in total. The Labute approximate surface area is 370 Å². The van der Waals surface area contributed by atoms with Crippen LogP contribution in [0.15, 0.2) is 155 Å². The monoisotopic (exact) mass is 976 g/mol. The highest BCUT2D eigenvalue weighted by Crippen LogP contribution is 2.52. The number of hydrogen-bond acceptors (Lipinski definition) is 6. The third-order valence-electron chi connectivity index (χ3n) is 9.86. The number of benzene rings is 5. The third kappa shape index (κ3) is 10.9. The van der Waals surface area contributed by atoms with Crippen molar-refractivity contribution >= 4 is 33.3 Å². The van der Waals surface area contributed by atoms with Crippen LogP contribution in [-0.2, 0) is 54.1 Å². The van der Waals surface area contributed by atoms with Gasteiger partial charge < -0.3 is 9.39 Å². The Hall–Kier alpha value is -5.78. The summed E-state index contributed by atoms with van der Waals surface area (Å²) in [5.74, 6) is -0.721. The molecule has 0 N–H and O–H groups in total. The van der Waals surface area contributed by atoms with Gasteiger partial charge in [0.2, 0.25) is 20.0 Å². The Morgan fingerprint density at radius 2 is 0.909 bits per heavy atom. The molecule has 0 unspecified atom stereocenters.